The minimum Gasteiger partial charge on any atom is -0.321 e. The van der Waals surface area contributed by atoms with E-state index in [4.69, 9.17) is 11.6 Å². The molecule has 0 aromatic heterocycles. The first kappa shape index (κ1) is 11.7. The van der Waals surface area contributed by atoms with E-state index in [9.17, 15) is 4.79 Å². The molecule has 0 atom stereocenters. The molecule has 0 spiro atoms. The summed E-state index contributed by atoms with van der Waals surface area (Å²) in [6, 6.07) is 14.6. The molecule has 2 rings (SSSR count). The van der Waals surface area contributed by atoms with Gasteiger partial charge in [-0.25, -0.2) is 0 Å². The highest BCUT2D eigenvalue weighted by molar-refractivity contribution is 6.33. The summed E-state index contributed by atoms with van der Waals surface area (Å²) in [6.07, 6.45) is 0. The quantitative estimate of drug-likeness (QED) is 0.854. The Balaban J connectivity index is 2.20. The van der Waals surface area contributed by atoms with Crippen molar-refractivity contribution in [1.82, 2.24) is 0 Å². The largest absolute Gasteiger partial charge is 0.321 e. The number of carbonyl (C=O) groups excluding carboxylic acids is 1. The number of rotatable bonds is 2. The van der Waals surface area contributed by atoms with Crippen molar-refractivity contribution in [3.63, 3.8) is 0 Å². The molecule has 0 aliphatic heterocycles. The Morgan fingerprint density at radius 3 is 2.59 bits per heavy atom. The van der Waals surface area contributed by atoms with Gasteiger partial charge in [-0.15, -0.1) is 0 Å². The Hall–Kier alpha value is -1.80. The summed E-state index contributed by atoms with van der Waals surface area (Å²) >= 11 is 5.97. The van der Waals surface area contributed by atoms with Gasteiger partial charge in [-0.1, -0.05) is 41.4 Å². The fraction of sp³-hybridized carbons (Fsp3) is 0.0714. The van der Waals surface area contributed by atoms with E-state index < -0.39 is 0 Å². The normalized spacial score (nSPS) is 10.0. The third kappa shape index (κ3) is 2.86. The topological polar surface area (TPSA) is 29.1 Å². The second-order valence-electron chi connectivity index (χ2n) is 3.80. The van der Waals surface area contributed by atoms with E-state index in [1.165, 1.54) is 0 Å². The standard InChI is InChI=1S/C14H12ClNO/c1-10-5-4-6-11(9-10)14(17)16-13-8-3-2-7-12(13)15/h2-9H,1H3,(H,16,17). The van der Waals surface area contributed by atoms with Gasteiger partial charge in [-0.3, -0.25) is 4.79 Å². The molecule has 0 bridgehead atoms. The van der Waals surface area contributed by atoms with Gasteiger partial charge >= 0.3 is 0 Å². The fourth-order valence-electron chi connectivity index (χ4n) is 1.54. The highest BCUT2D eigenvalue weighted by Crippen LogP contribution is 2.21. The van der Waals surface area contributed by atoms with Gasteiger partial charge in [0.15, 0.2) is 0 Å². The van der Waals surface area contributed by atoms with E-state index in [0.29, 0.717) is 16.3 Å². The van der Waals surface area contributed by atoms with Gasteiger partial charge in [0, 0.05) is 5.56 Å². The summed E-state index contributed by atoms with van der Waals surface area (Å²) < 4.78 is 0. The molecule has 3 heteroatoms. The molecule has 0 radical (unpaired) electrons. The zero-order valence-electron chi connectivity index (χ0n) is 9.41. The summed E-state index contributed by atoms with van der Waals surface area (Å²) in [6.45, 7) is 1.95. The van der Waals surface area contributed by atoms with Crippen LogP contribution in [-0.4, -0.2) is 5.91 Å². The van der Waals surface area contributed by atoms with Crippen molar-refractivity contribution < 1.29 is 4.79 Å². The average Bonchev–Trinajstić information content (AvgIpc) is 2.32. The lowest BCUT2D eigenvalue weighted by atomic mass is 10.1. The van der Waals surface area contributed by atoms with Crippen LogP contribution in [0.2, 0.25) is 5.02 Å². The monoisotopic (exact) mass is 245 g/mol. The van der Waals surface area contributed by atoms with Crippen molar-refractivity contribution in [1.29, 1.82) is 0 Å². The zero-order valence-corrected chi connectivity index (χ0v) is 10.2. The lowest BCUT2D eigenvalue weighted by Crippen LogP contribution is -2.12. The molecule has 0 saturated heterocycles. The van der Waals surface area contributed by atoms with Crippen LogP contribution >= 0.6 is 11.6 Å². The number of hydrogen-bond acceptors (Lipinski definition) is 1. The molecule has 0 saturated carbocycles. The van der Waals surface area contributed by atoms with Gasteiger partial charge < -0.3 is 5.32 Å². The van der Waals surface area contributed by atoms with Gasteiger partial charge in [0.25, 0.3) is 5.91 Å². The predicted molar refractivity (Wildman–Crippen MR) is 70.6 cm³/mol. The summed E-state index contributed by atoms with van der Waals surface area (Å²) in [7, 11) is 0. The van der Waals surface area contributed by atoms with E-state index in [0.717, 1.165) is 5.56 Å². The van der Waals surface area contributed by atoms with E-state index in [-0.39, 0.29) is 5.91 Å². The van der Waals surface area contributed by atoms with Crippen LogP contribution in [-0.2, 0) is 0 Å². The first-order valence-electron chi connectivity index (χ1n) is 5.29. The van der Waals surface area contributed by atoms with Crippen LogP contribution in [0, 0.1) is 6.92 Å². The summed E-state index contributed by atoms with van der Waals surface area (Å²) in [5, 5.41) is 3.32. The number of para-hydroxylation sites is 1. The van der Waals surface area contributed by atoms with E-state index in [2.05, 4.69) is 5.32 Å². The van der Waals surface area contributed by atoms with Crippen LogP contribution in [0.25, 0.3) is 0 Å². The lowest BCUT2D eigenvalue weighted by Gasteiger charge is -2.07. The Bertz CT molecular complexity index is 551. The van der Waals surface area contributed by atoms with Gasteiger partial charge in [-0.05, 0) is 31.2 Å². The first-order chi connectivity index (χ1) is 8.16. The van der Waals surface area contributed by atoms with Crippen molar-refractivity contribution in [2.75, 3.05) is 5.32 Å². The second kappa shape index (κ2) is 5.02. The molecule has 0 fully saturated rings. The molecular weight excluding hydrogens is 234 g/mol. The van der Waals surface area contributed by atoms with Crippen molar-refractivity contribution in [3.05, 3.63) is 64.7 Å². The number of amides is 1. The first-order valence-corrected chi connectivity index (χ1v) is 5.67. The molecule has 17 heavy (non-hydrogen) atoms. The van der Waals surface area contributed by atoms with Gasteiger partial charge in [0.2, 0.25) is 0 Å². The van der Waals surface area contributed by atoms with Crippen LogP contribution in [0.4, 0.5) is 5.69 Å². The SMILES string of the molecule is Cc1cccc(C(=O)Nc2ccccc2Cl)c1. The van der Waals surface area contributed by atoms with Crippen LogP contribution in [0.3, 0.4) is 0 Å². The third-order valence-corrected chi connectivity index (χ3v) is 2.73. The average molecular weight is 246 g/mol. The third-order valence-electron chi connectivity index (χ3n) is 2.40. The summed E-state index contributed by atoms with van der Waals surface area (Å²) in [5.74, 6) is -0.151. The lowest BCUT2D eigenvalue weighted by molar-refractivity contribution is 0.102. The second-order valence-corrected chi connectivity index (χ2v) is 4.21. The van der Waals surface area contributed by atoms with E-state index >= 15 is 0 Å². The van der Waals surface area contributed by atoms with Gasteiger partial charge in [-0.2, -0.15) is 0 Å². The molecular formula is C14H12ClNO. The minimum atomic E-state index is -0.151. The highest BCUT2D eigenvalue weighted by Gasteiger charge is 2.07. The number of nitrogens with one attached hydrogen (secondary N) is 1. The van der Waals surface area contributed by atoms with Crippen LogP contribution in [0.5, 0.6) is 0 Å². The number of carbonyl (C=O) groups is 1. The maximum absolute atomic E-state index is 11.9. The molecule has 0 unspecified atom stereocenters. The maximum atomic E-state index is 11.9. The molecule has 86 valence electrons. The molecule has 1 N–H and O–H groups in total. The molecule has 2 nitrogen and oxygen atoms in total. The van der Waals surface area contributed by atoms with Gasteiger partial charge in [0.1, 0.15) is 0 Å². The highest BCUT2D eigenvalue weighted by atomic mass is 35.5. The molecule has 0 heterocycles. The Kier molecular flexibility index (Phi) is 3.45. The molecule has 2 aromatic carbocycles. The molecule has 1 amide bonds. The predicted octanol–water partition coefficient (Wildman–Crippen LogP) is 3.90. The van der Waals surface area contributed by atoms with Crippen molar-refractivity contribution in [2.24, 2.45) is 0 Å². The maximum Gasteiger partial charge on any atom is 0.255 e. The molecule has 2 aromatic rings. The van der Waals surface area contributed by atoms with Crippen LogP contribution < -0.4 is 5.32 Å². The summed E-state index contributed by atoms with van der Waals surface area (Å²) in [5.41, 5.74) is 2.31. The molecule has 0 aliphatic rings. The Morgan fingerprint density at radius 1 is 1.12 bits per heavy atom. The Labute approximate surface area is 105 Å². The number of anilines is 1. The van der Waals surface area contributed by atoms with E-state index in [1.807, 2.05) is 37.3 Å². The zero-order chi connectivity index (χ0) is 12.3. The van der Waals surface area contributed by atoms with Crippen LogP contribution in [0.1, 0.15) is 15.9 Å². The minimum absolute atomic E-state index is 0.151. The molecule has 0 aliphatic carbocycles. The summed E-state index contributed by atoms with van der Waals surface area (Å²) in [4.78, 5) is 11.9. The van der Waals surface area contributed by atoms with Crippen molar-refractivity contribution in [2.45, 2.75) is 6.92 Å². The Morgan fingerprint density at radius 2 is 1.88 bits per heavy atom. The smallest absolute Gasteiger partial charge is 0.255 e. The number of benzene rings is 2. The van der Waals surface area contributed by atoms with Crippen molar-refractivity contribution in [3.8, 4) is 0 Å². The van der Waals surface area contributed by atoms with Gasteiger partial charge in [0.05, 0.1) is 10.7 Å². The van der Waals surface area contributed by atoms with Crippen molar-refractivity contribution >= 4 is 23.2 Å². The number of halogens is 1. The fourth-order valence-corrected chi connectivity index (χ4v) is 1.73. The van der Waals surface area contributed by atoms with E-state index in [1.54, 1.807) is 18.2 Å². The van der Waals surface area contributed by atoms with Crippen LogP contribution in [0.15, 0.2) is 48.5 Å². The number of hydrogen-bond donors (Lipinski definition) is 1. The number of aryl methyl sites for hydroxylation is 1.